The van der Waals surface area contributed by atoms with Crippen LogP contribution in [0.15, 0.2) is 48.5 Å². The minimum atomic E-state index is -0.941. The second kappa shape index (κ2) is 5.93. The summed E-state index contributed by atoms with van der Waals surface area (Å²) < 4.78 is 0. The molecule has 5 heteroatoms. The third kappa shape index (κ3) is 2.87. The normalized spacial score (nSPS) is 21.6. The fourth-order valence-corrected chi connectivity index (χ4v) is 3.08. The molecule has 1 aliphatic rings. The first-order valence-corrected chi connectivity index (χ1v) is 7.49. The summed E-state index contributed by atoms with van der Waals surface area (Å²) in [7, 11) is 0. The molecule has 118 valence electrons. The summed E-state index contributed by atoms with van der Waals surface area (Å²) in [4.78, 5) is 22.2. The first-order valence-electron chi connectivity index (χ1n) is 7.49. The zero-order chi connectivity index (χ0) is 16.6. The molecule has 1 aliphatic carbocycles. The largest absolute Gasteiger partial charge is 0.388 e. The molecular weight excluding hydrogens is 294 g/mol. The maximum atomic E-state index is 12.0. The van der Waals surface area contributed by atoms with Crippen LogP contribution in [0.3, 0.4) is 0 Å². The molecule has 2 aromatic carbocycles. The van der Waals surface area contributed by atoms with Crippen LogP contribution in [0.2, 0.25) is 0 Å². The van der Waals surface area contributed by atoms with Crippen molar-refractivity contribution < 1.29 is 14.8 Å². The van der Waals surface area contributed by atoms with E-state index in [1.807, 2.05) is 31.2 Å². The molecule has 2 aromatic rings. The molecule has 0 amide bonds. The average Bonchev–Trinajstić information content (AvgIpc) is 2.53. The summed E-state index contributed by atoms with van der Waals surface area (Å²) in [5, 5.41) is 21.2. The Kier molecular flexibility index (Phi) is 3.96. The fourth-order valence-electron chi connectivity index (χ4n) is 3.08. The second-order valence-corrected chi connectivity index (χ2v) is 6.01. The summed E-state index contributed by atoms with van der Waals surface area (Å²) in [6, 6.07) is 13.7. The van der Waals surface area contributed by atoms with Crippen molar-refractivity contribution in [2.75, 3.05) is 0 Å². The number of non-ortho nitro benzene ring substituents is 1. The number of nitro groups is 1. The molecule has 23 heavy (non-hydrogen) atoms. The third-order valence-corrected chi connectivity index (χ3v) is 4.52. The number of hydrogen-bond acceptors (Lipinski definition) is 4. The molecule has 0 bridgehead atoms. The standard InChI is InChI=1S/C18H17NO4/c1-11-2-4-12(5-3-11)15-10-16(20)17(15)18(21)13-6-8-14(9-7-13)19(22)23/h2-9,15,17-18,21H,10H2,1H3/t15-,17-,18+/m1/s1. The van der Waals surface area contributed by atoms with Gasteiger partial charge < -0.3 is 5.11 Å². The highest BCUT2D eigenvalue weighted by Gasteiger charge is 2.45. The van der Waals surface area contributed by atoms with Crippen molar-refractivity contribution in [3.05, 3.63) is 75.3 Å². The zero-order valence-electron chi connectivity index (χ0n) is 12.7. The minimum absolute atomic E-state index is 0.00621. The number of aliphatic hydroxyl groups excluding tert-OH is 1. The quantitative estimate of drug-likeness (QED) is 0.694. The first kappa shape index (κ1) is 15.4. The molecule has 0 saturated heterocycles. The molecular formula is C18H17NO4. The molecule has 0 radical (unpaired) electrons. The summed E-state index contributed by atoms with van der Waals surface area (Å²) in [6.45, 7) is 2.00. The highest BCUT2D eigenvalue weighted by atomic mass is 16.6. The zero-order valence-corrected chi connectivity index (χ0v) is 12.7. The van der Waals surface area contributed by atoms with Crippen molar-refractivity contribution >= 4 is 11.5 Å². The van der Waals surface area contributed by atoms with Crippen LogP contribution in [0.4, 0.5) is 5.69 Å². The van der Waals surface area contributed by atoms with Gasteiger partial charge in [-0.25, -0.2) is 0 Å². The van der Waals surface area contributed by atoms with Gasteiger partial charge in [-0.1, -0.05) is 29.8 Å². The van der Waals surface area contributed by atoms with E-state index in [1.165, 1.54) is 24.3 Å². The molecule has 0 aromatic heterocycles. The molecule has 5 nitrogen and oxygen atoms in total. The van der Waals surface area contributed by atoms with Crippen LogP contribution in [0.25, 0.3) is 0 Å². The van der Waals surface area contributed by atoms with Crippen LogP contribution < -0.4 is 0 Å². The fraction of sp³-hybridized carbons (Fsp3) is 0.278. The lowest BCUT2D eigenvalue weighted by atomic mass is 9.65. The monoisotopic (exact) mass is 311 g/mol. The number of aryl methyl sites for hydroxylation is 1. The van der Waals surface area contributed by atoms with Crippen LogP contribution in [-0.2, 0) is 4.79 Å². The van der Waals surface area contributed by atoms with Crippen molar-refractivity contribution in [3.63, 3.8) is 0 Å². The molecule has 0 spiro atoms. The summed E-state index contributed by atoms with van der Waals surface area (Å²) in [6.07, 6.45) is -0.513. The third-order valence-electron chi connectivity index (χ3n) is 4.52. The molecule has 0 aliphatic heterocycles. The van der Waals surface area contributed by atoms with E-state index in [1.54, 1.807) is 0 Å². The Morgan fingerprint density at radius 3 is 2.26 bits per heavy atom. The van der Waals surface area contributed by atoms with E-state index in [-0.39, 0.29) is 17.4 Å². The van der Waals surface area contributed by atoms with Crippen molar-refractivity contribution in [3.8, 4) is 0 Å². The number of nitro benzene ring substituents is 1. The van der Waals surface area contributed by atoms with Gasteiger partial charge in [0, 0.05) is 24.5 Å². The predicted molar refractivity (Wildman–Crippen MR) is 85.1 cm³/mol. The van der Waals surface area contributed by atoms with Gasteiger partial charge in [0.2, 0.25) is 0 Å². The molecule has 1 saturated carbocycles. The van der Waals surface area contributed by atoms with Crippen molar-refractivity contribution in [2.45, 2.75) is 25.4 Å². The molecule has 3 rings (SSSR count). The van der Waals surface area contributed by atoms with Gasteiger partial charge >= 0.3 is 0 Å². The summed E-state index contributed by atoms with van der Waals surface area (Å²) in [5.74, 6) is -0.464. The number of carbonyl (C=O) groups is 1. The van der Waals surface area contributed by atoms with Crippen molar-refractivity contribution in [1.29, 1.82) is 0 Å². The molecule has 0 heterocycles. The topological polar surface area (TPSA) is 80.4 Å². The van der Waals surface area contributed by atoms with Gasteiger partial charge in [-0.15, -0.1) is 0 Å². The summed E-state index contributed by atoms with van der Waals surface area (Å²) >= 11 is 0. The average molecular weight is 311 g/mol. The Morgan fingerprint density at radius 1 is 1.13 bits per heavy atom. The number of aliphatic hydroxyl groups is 1. The van der Waals surface area contributed by atoms with Gasteiger partial charge in [0.25, 0.3) is 5.69 Å². The van der Waals surface area contributed by atoms with Crippen LogP contribution in [0.1, 0.15) is 35.1 Å². The first-order chi connectivity index (χ1) is 11.0. The van der Waals surface area contributed by atoms with E-state index in [0.717, 1.165) is 11.1 Å². The molecule has 0 unspecified atom stereocenters. The Labute approximate surface area is 133 Å². The number of benzene rings is 2. The maximum Gasteiger partial charge on any atom is 0.269 e. The van der Waals surface area contributed by atoms with E-state index in [0.29, 0.717) is 12.0 Å². The SMILES string of the molecule is Cc1ccc([C@H]2CC(=O)[C@@H]2[C@@H](O)c2ccc([N+](=O)[O-])cc2)cc1. The van der Waals surface area contributed by atoms with Gasteiger partial charge in [-0.2, -0.15) is 0 Å². The van der Waals surface area contributed by atoms with Gasteiger partial charge in [-0.3, -0.25) is 14.9 Å². The lowest BCUT2D eigenvalue weighted by molar-refractivity contribution is -0.384. The van der Waals surface area contributed by atoms with E-state index < -0.39 is 16.9 Å². The Balaban J connectivity index is 1.82. The number of ketones is 1. The van der Waals surface area contributed by atoms with Gasteiger partial charge in [-0.05, 0) is 30.2 Å². The Morgan fingerprint density at radius 2 is 1.74 bits per heavy atom. The van der Waals surface area contributed by atoms with E-state index >= 15 is 0 Å². The van der Waals surface area contributed by atoms with Gasteiger partial charge in [0.05, 0.1) is 16.9 Å². The predicted octanol–water partition coefficient (Wildman–Crippen LogP) is 3.31. The highest BCUT2D eigenvalue weighted by molar-refractivity contribution is 5.90. The van der Waals surface area contributed by atoms with E-state index in [2.05, 4.69) is 0 Å². The van der Waals surface area contributed by atoms with E-state index in [4.69, 9.17) is 0 Å². The lowest BCUT2D eigenvalue weighted by Gasteiger charge is -2.38. The number of rotatable bonds is 4. The smallest absolute Gasteiger partial charge is 0.269 e. The lowest BCUT2D eigenvalue weighted by Crippen LogP contribution is -2.39. The van der Waals surface area contributed by atoms with Crippen LogP contribution >= 0.6 is 0 Å². The van der Waals surface area contributed by atoms with Crippen molar-refractivity contribution in [1.82, 2.24) is 0 Å². The summed E-state index contributed by atoms with van der Waals surface area (Å²) in [5.41, 5.74) is 2.69. The number of nitrogens with zero attached hydrogens (tertiary/aromatic N) is 1. The Bertz CT molecular complexity index is 737. The minimum Gasteiger partial charge on any atom is -0.388 e. The number of Topliss-reactive ketones (excluding diaryl/α,β-unsaturated/α-hetero) is 1. The number of hydrogen-bond donors (Lipinski definition) is 1. The van der Waals surface area contributed by atoms with Crippen LogP contribution in [0, 0.1) is 23.0 Å². The maximum absolute atomic E-state index is 12.0. The van der Waals surface area contributed by atoms with Gasteiger partial charge in [0.1, 0.15) is 5.78 Å². The molecule has 1 N–H and O–H groups in total. The molecule has 3 atom stereocenters. The van der Waals surface area contributed by atoms with Crippen LogP contribution in [0.5, 0.6) is 0 Å². The number of carbonyl (C=O) groups excluding carboxylic acids is 1. The van der Waals surface area contributed by atoms with E-state index in [9.17, 15) is 20.0 Å². The van der Waals surface area contributed by atoms with Crippen molar-refractivity contribution in [2.24, 2.45) is 5.92 Å². The Hall–Kier alpha value is -2.53. The van der Waals surface area contributed by atoms with Crippen LogP contribution in [-0.4, -0.2) is 15.8 Å². The highest BCUT2D eigenvalue weighted by Crippen LogP contribution is 2.46. The second-order valence-electron chi connectivity index (χ2n) is 6.01. The van der Waals surface area contributed by atoms with Gasteiger partial charge in [0.15, 0.2) is 0 Å². The molecule has 1 fully saturated rings.